The van der Waals surface area contributed by atoms with E-state index in [0.29, 0.717) is 13.1 Å². The lowest BCUT2D eigenvalue weighted by molar-refractivity contribution is -0.127. The predicted octanol–water partition coefficient (Wildman–Crippen LogP) is 1.87. The molecular formula is C19H24N4O3S. The number of rotatable bonds is 3. The standard InChI is InChI=1S/C19H24N4O3S/c1-11-15(13(3)26-21-11)8-22-6-4-14-16(10-27-17(14)9-22)19(25)23-7-5-20-18(24)12(23)2/h10,12H,4-9H2,1-3H3,(H,20,24). The first-order valence-corrected chi connectivity index (χ1v) is 10.2. The summed E-state index contributed by atoms with van der Waals surface area (Å²) in [6.07, 6.45) is 0.845. The van der Waals surface area contributed by atoms with Gasteiger partial charge in [-0.2, -0.15) is 0 Å². The molecule has 1 atom stereocenters. The molecule has 0 spiro atoms. The normalized spacial score (nSPS) is 20.5. The summed E-state index contributed by atoms with van der Waals surface area (Å²) >= 11 is 1.64. The maximum Gasteiger partial charge on any atom is 0.255 e. The van der Waals surface area contributed by atoms with E-state index >= 15 is 0 Å². The highest BCUT2D eigenvalue weighted by atomic mass is 32.1. The zero-order valence-electron chi connectivity index (χ0n) is 15.9. The molecule has 0 radical (unpaired) electrons. The first-order chi connectivity index (χ1) is 13.0. The van der Waals surface area contributed by atoms with Crippen LogP contribution < -0.4 is 5.32 Å². The molecule has 2 aliphatic rings. The second-order valence-corrected chi connectivity index (χ2v) is 8.24. The maximum absolute atomic E-state index is 13.0. The van der Waals surface area contributed by atoms with Crippen molar-refractivity contribution < 1.29 is 14.1 Å². The second kappa shape index (κ2) is 7.09. The molecular weight excluding hydrogens is 364 g/mol. The molecule has 8 heteroatoms. The number of piperazine rings is 1. The number of aryl methyl sites for hydroxylation is 2. The van der Waals surface area contributed by atoms with E-state index in [4.69, 9.17) is 4.52 Å². The SMILES string of the molecule is Cc1noc(C)c1CN1CCc2c(C(=O)N3CCNC(=O)C3C)csc2C1. The summed E-state index contributed by atoms with van der Waals surface area (Å²) in [6, 6.07) is -0.415. The van der Waals surface area contributed by atoms with Crippen molar-refractivity contribution in [1.82, 2.24) is 20.3 Å². The predicted molar refractivity (Wildman–Crippen MR) is 102 cm³/mol. The van der Waals surface area contributed by atoms with Gasteiger partial charge in [0.05, 0.1) is 11.3 Å². The van der Waals surface area contributed by atoms with E-state index in [1.165, 1.54) is 4.88 Å². The molecule has 144 valence electrons. The molecule has 1 unspecified atom stereocenters. The zero-order valence-corrected chi connectivity index (χ0v) is 16.7. The molecule has 4 heterocycles. The Labute approximate surface area is 162 Å². The summed E-state index contributed by atoms with van der Waals surface area (Å²) in [7, 11) is 0. The van der Waals surface area contributed by atoms with Crippen LogP contribution in [0.25, 0.3) is 0 Å². The Morgan fingerprint density at radius 1 is 1.41 bits per heavy atom. The number of hydrogen-bond donors (Lipinski definition) is 1. The van der Waals surface area contributed by atoms with Gasteiger partial charge < -0.3 is 14.7 Å². The summed E-state index contributed by atoms with van der Waals surface area (Å²) in [5.74, 6) is 0.774. The van der Waals surface area contributed by atoms with Crippen molar-refractivity contribution in [3.05, 3.63) is 38.4 Å². The van der Waals surface area contributed by atoms with Crippen molar-refractivity contribution in [2.45, 2.75) is 46.3 Å². The number of nitrogens with zero attached hydrogens (tertiary/aromatic N) is 3. The molecule has 0 aliphatic carbocycles. The Hall–Kier alpha value is -2.19. The third kappa shape index (κ3) is 3.27. The van der Waals surface area contributed by atoms with Crippen LogP contribution in [0.1, 0.15) is 44.7 Å². The van der Waals surface area contributed by atoms with Gasteiger partial charge in [-0.1, -0.05) is 5.16 Å². The van der Waals surface area contributed by atoms with Crippen LogP contribution in [0, 0.1) is 13.8 Å². The number of aromatic nitrogens is 1. The van der Waals surface area contributed by atoms with Crippen molar-refractivity contribution in [3.63, 3.8) is 0 Å². The molecule has 0 bridgehead atoms. The summed E-state index contributed by atoms with van der Waals surface area (Å²) in [5, 5.41) is 8.81. The van der Waals surface area contributed by atoms with Gasteiger partial charge in [-0.05, 0) is 32.8 Å². The number of carbonyl (C=O) groups excluding carboxylic acids is 2. The minimum absolute atomic E-state index is 0.0194. The van der Waals surface area contributed by atoms with Crippen LogP contribution in [0.4, 0.5) is 0 Å². The molecule has 2 amide bonds. The highest BCUT2D eigenvalue weighted by Gasteiger charge is 2.33. The summed E-state index contributed by atoms with van der Waals surface area (Å²) in [6.45, 7) is 9.32. The van der Waals surface area contributed by atoms with E-state index in [1.807, 2.05) is 19.2 Å². The highest BCUT2D eigenvalue weighted by molar-refractivity contribution is 7.10. The van der Waals surface area contributed by atoms with Gasteiger partial charge in [0.25, 0.3) is 5.91 Å². The Morgan fingerprint density at radius 2 is 2.22 bits per heavy atom. The molecule has 1 saturated heterocycles. The summed E-state index contributed by atoms with van der Waals surface area (Å²) in [4.78, 5) is 30.2. The average Bonchev–Trinajstić information content (AvgIpc) is 3.21. The van der Waals surface area contributed by atoms with Crippen LogP contribution >= 0.6 is 11.3 Å². The van der Waals surface area contributed by atoms with Crippen molar-refractivity contribution in [1.29, 1.82) is 0 Å². The van der Waals surface area contributed by atoms with Crippen LogP contribution in [0.5, 0.6) is 0 Å². The van der Waals surface area contributed by atoms with E-state index in [0.717, 1.165) is 54.2 Å². The van der Waals surface area contributed by atoms with Gasteiger partial charge in [-0.25, -0.2) is 0 Å². The Morgan fingerprint density at radius 3 is 2.96 bits per heavy atom. The number of hydrogen-bond acceptors (Lipinski definition) is 6. The number of fused-ring (bicyclic) bond motifs is 1. The largest absolute Gasteiger partial charge is 0.361 e. The van der Waals surface area contributed by atoms with E-state index in [2.05, 4.69) is 15.4 Å². The van der Waals surface area contributed by atoms with Gasteiger partial charge in [0.15, 0.2) is 0 Å². The van der Waals surface area contributed by atoms with Gasteiger partial charge in [0, 0.05) is 48.5 Å². The van der Waals surface area contributed by atoms with Gasteiger partial charge in [-0.3, -0.25) is 14.5 Å². The Bertz CT molecular complexity index is 868. The number of thiophene rings is 1. The van der Waals surface area contributed by atoms with Crippen molar-refractivity contribution in [2.75, 3.05) is 19.6 Å². The lowest BCUT2D eigenvalue weighted by atomic mass is 10.0. The van der Waals surface area contributed by atoms with Gasteiger partial charge in [0.1, 0.15) is 11.8 Å². The summed E-state index contributed by atoms with van der Waals surface area (Å²) < 4.78 is 5.27. The number of nitrogens with one attached hydrogen (secondary N) is 1. The van der Waals surface area contributed by atoms with Crippen LogP contribution in [0.2, 0.25) is 0 Å². The molecule has 2 aliphatic heterocycles. The summed E-state index contributed by atoms with van der Waals surface area (Å²) in [5.41, 5.74) is 4.02. The van der Waals surface area contributed by atoms with E-state index in [9.17, 15) is 9.59 Å². The fourth-order valence-electron chi connectivity index (χ4n) is 3.86. The quantitative estimate of drug-likeness (QED) is 0.869. The first-order valence-electron chi connectivity index (χ1n) is 9.27. The monoisotopic (exact) mass is 388 g/mol. The number of amides is 2. The third-order valence-electron chi connectivity index (χ3n) is 5.58. The van der Waals surface area contributed by atoms with Gasteiger partial charge in [0.2, 0.25) is 5.91 Å². The van der Waals surface area contributed by atoms with Crippen LogP contribution in [-0.2, 0) is 24.3 Å². The third-order valence-corrected chi connectivity index (χ3v) is 6.59. The molecule has 0 aromatic carbocycles. The molecule has 27 heavy (non-hydrogen) atoms. The molecule has 2 aromatic rings. The van der Waals surface area contributed by atoms with Crippen molar-refractivity contribution in [2.24, 2.45) is 0 Å². The van der Waals surface area contributed by atoms with Crippen LogP contribution in [0.3, 0.4) is 0 Å². The molecule has 1 N–H and O–H groups in total. The molecule has 7 nitrogen and oxygen atoms in total. The molecule has 0 saturated carbocycles. The minimum Gasteiger partial charge on any atom is -0.361 e. The minimum atomic E-state index is -0.415. The Balaban J connectivity index is 1.50. The van der Waals surface area contributed by atoms with Crippen LogP contribution in [0.15, 0.2) is 9.90 Å². The second-order valence-electron chi connectivity index (χ2n) is 7.28. The fraction of sp³-hybridized carbons (Fsp3) is 0.526. The molecule has 2 aromatic heterocycles. The maximum atomic E-state index is 13.0. The van der Waals surface area contributed by atoms with E-state index in [1.54, 1.807) is 23.2 Å². The zero-order chi connectivity index (χ0) is 19.1. The van der Waals surface area contributed by atoms with Crippen molar-refractivity contribution in [3.8, 4) is 0 Å². The topological polar surface area (TPSA) is 78.7 Å². The molecule has 4 rings (SSSR count). The van der Waals surface area contributed by atoms with Gasteiger partial charge >= 0.3 is 0 Å². The van der Waals surface area contributed by atoms with E-state index in [-0.39, 0.29) is 11.8 Å². The highest BCUT2D eigenvalue weighted by Crippen LogP contribution is 2.31. The van der Waals surface area contributed by atoms with E-state index < -0.39 is 6.04 Å². The first kappa shape index (κ1) is 18.2. The van der Waals surface area contributed by atoms with Gasteiger partial charge in [-0.15, -0.1) is 11.3 Å². The average molecular weight is 388 g/mol. The lowest BCUT2D eigenvalue weighted by Crippen LogP contribution is -2.55. The molecule has 1 fully saturated rings. The van der Waals surface area contributed by atoms with Crippen molar-refractivity contribution >= 4 is 23.2 Å². The number of carbonyl (C=O) groups is 2. The fourth-order valence-corrected chi connectivity index (χ4v) is 4.98. The smallest absolute Gasteiger partial charge is 0.255 e. The lowest BCUT2D eigenvalue weighted by Gasteiger charge is -2.33. The Kier molecular flexibility index (Phi) is 4.77. The van der Waals surface area contributed by atoms with Crippen LogP contribution in [-0.4, -0.2) is 52.4 Å².